The minimum Gasteiger partial charge on any atom is -0.372 e. The molecule has 5 nitrogen and oxygen atoms in total. The van der Waals surface area contributed by atoms with Crippen molar-refractivity contribution in [3.05, 3.63) is 21.4 Å². The van der Waals surface area contributed by atoms with E-state index in [0.717, 1.165) is 17.2 Å². The number of aromatic nitrogens is 1. The predicted octanol–water partition coefficient (Wildman–Crippen LogP) is 1.44. The molecule has 0 radical (unpaired) electrons. The molecule has 1 fully saturated rings. The van der Waals surface area contributed by atoms with Gasteiger partial charge in [0.2, 0.25) is 0 Å². The summed E-state index contributed by atoms with van der Waals surface area (Å²) in [6.45, 7) is 1.66. The second kappa shape index (κ2) is 5.28. The summed E-state index contributed by atoms with van der Waals surface area (Å²) < 4.78 is 38.6. The highest BCUT2D eigenvalue weighted by Crippen LogP contribution is 2.36. The lowest BCUT2D eigenvalue weighted by atomic mass is 10.2. The SMILES string of the molecule is CC1C(O)N(c2cc(C(F)(F)F)c(I)cn2)C(O)N1C. The Morgan fingerprint density at radius 1 is 1.35 bits per heavy atom. The Kier molecular flexibility index (Phi) is 4.15. The molecule has 0 spiro atoms. The minimum atomic E-state index is -4.51. The number of likely N-dealkylation sites (N-methyl/N-ethyl adjacent to an activating group) is 1. The lowest BCUT2D eigenvalue weighted by Gasteiger charge is -2.26. The molecule has 9 heteroatoms. The number of halogens is 4. The Bertz CT molecular complexity index is 500. The predicted molar refractivity (Wildman–Crippen MR) is 73.7 cm³/mol. The highest BCUT2D eigenvalue weighted by atomic mass is 127. The molecule has 112 valence electrons. The molecule has 20 heavy (non-hydrogen) atoms. The van der Waals surface area contributed by atoms with E-state index in [1.165, 1.54) is 4.90 Å². The zero-order valence-corrected chi connectivity index (χ0v) is 12.8. The summed E-state index contributed by atoms with van der Waals surface area (Å²) >= 11 is 1.55. The fourth-order valence-electron chi connectivity index (χ4n) is 2.03. The van der Waals surface area contributed by atoms with Crippen LogP contribution in [0.15, 0.2) is 12.3 Å². The first-order valence-electron chi connectivity index (χ1n) is 5.73. The Hall–Kier alpha value is -0.650. The normalized spacial score (nSPS) is 28.2. The van der Waals surface area contributed by atoms with E-state index in [4.69, 9.17) is 0 Å². The maximum Gasteiger partial charge on any atom is 0.417 e. The van der Waals surface area contributed by atoms with E-state index in [1.54, 1.807) is 36.6 Å². The average Bonchev–Trinajstić information content (AvgIpc) is 2.54. The fourth-order valence-corrected chi connectivity index (χ4v) is 2.63. The van der Waals surface area contributed by atoms with Crippen molar-refractivity contribution in [1.82, 2.24) is 9.88 Å². The van der Waals surface area contributed by atoms with Crippen LogP contribution >= 0.6 is 22.6 Å². The average molecular weight is 403 g/mol. The number of aliphatic hydroxyl groups excluding tert-OH is 2. The first kappa shape index (κ1) is 15.7. The summed E-state index contributed by atoms with van der Waals surface area (Å²) in [4.78, 5) is 6.37. The third kappa shape index (κ3) is 2.59. The molecule has 0 aliphatic carbocycles. The van der Waals surface area contributed by atoms with Crippen molar-refractivity contribution in [2.45, 2.75) is 31.7 Å². The molecule has 1 aromatic rings. The molecule has 2 rings (SSSR count). The maximum atomic E-state index is 12.9. The zero-order valence-electron chi connectivity index (χ0n) is 10.6. The maximum absolute atomic E-state index is 12.9. The molecular formula is C11H13F3IN3O2. The summed E-state index contributed by atoms with van der Waals surface area (Å²) in [5.41, 5.74) is -0.843. The van der Waals surface area contributed by atoms with Gasteiger partial charge in [-0.25, -0.2) is 4.98 Å². The molecule has 2 heterocycles. The molecule has 2 N–H and O–H groups in total. The van der Waals surface area contributed by atoms with E-state index >= 15 is 0 Å². The van der Waals surface area contributed by atoms with Gasteiger partial charge in [0.1, 0.15) is 12.0 Å². The summed E-state index contributed by atoms with van der Waals surface area (Å²) in [5, 5.41) is 20.0. The van der Waals surface area contributed by atoms with Crippen LogP contribution in [0.2, 0.25) is 0 Å². The molecule has 3 unspecified atom stereocenters. The second-order valence-electron chi connectivity index (χ2n) is 4.59. The molecule has 1 aliphatic heterocycles. The molecule has 0 bridgehead atoms. The Labute approximate surface area is 127 Å². The molecular weight excluding hydrogens is 390 g/mol. The van der Waals surface area contributed by atoms with Gasteiger partial charge in [0.25, 0.3) is 0 Å². The van der Waals surface area contributed by atoms with Crippen LogP contribution in [0, 0.1) is 3.57 Å². The molecule has 1 aliphatic rings. The number of aliphatic hydroxyl groups is 2. The van der Waals surface area contributed by atoms with Gasteiger partial charge < -0.3 is 10.2 Å². The molecule has 0 amide bonds. The van der Waals surface area contributed by atoms with Crippen LogP contribution < -0.4 is 4.90 Å². The van der Waals surface area contributed by atoms with Crippen molar-refractivity contribution in [2.75, 3.05) is 11.9 Å². The Morgan fingerprint density at radius 2 is 1.95 bits per heavy atom. The third-order valence-corrected chi connectivity index (χ3v) is 4.24. The number of hydrogen-bond donors (Lipinski definition) is 2. The van der Waals surface area contributed by atoms with E-state index in [1.807, 2.05) is 0 Å². The molecule has 1 saturated heterocycles. The fraction of sp³-hybridized carbons (Fsp3) is 0.545. The van der Waals surface area contributed by atoms with Crippen LogP contribution in [0.5, 0.6) is 0 Å². The van der Waals surface area contributed by atoms with Gasteiger partial charge in [-0.1, -0.05) is 0 Å². The summed E-state index contributed by atoms with van der Waals surface area (Å²) in [7, 11) is 1.57. The van der Waals surface area contributed by atoms with Gasteiger partial charge in [0, 0.05) is 9.77 Å². The van der Waals surface area contributed by atoms with Crippen LogP contribution in [0.3, 0.4) is 0 Å². The number of nitrogens with zero attached hydrogens (tertiary/aromatic N) is 3. The molecule has 0 aromatic carbocycles. The quantitative estimate of drug-likeness (QED) is 0.696. The van der Waals surface area contributed by atoms with Crippen molar-refractivity contribution in [2.24, 2.45) is 0 Å². The number of rotatable bonds is 1. The van der Waals surface area contributed by atoms with Crippen molar-refractivity contribution in [3.8, 4) is 0 Å². The molecule has 0 saturated carbocycles. The lowest BCUT2D eigenvalue weighted by molar-refractivity contribution is -0.138. The number of pyridine rings is 1. The number of alkyl halides is 3. The first-order chi connectivity index (χ1) is 9.14. The highest BCUT2D eigenvalue weighted by molar-refractivity contribution is 14.1. The lowest BCUT2D eigenvalue weighted by Crippen LogP contribution is -2.40. The van der Waals surface area contributed by atoms with Gasteiger partial charge in [-0.3, -0.25) is 9.80 Å². The van der Waals surface area contributed by atoms with E-state index in [-0.39, 0.29) is 9.39 Å². The Balaban J connectivity index is 2.44. The van der Waals surface area contributed by atoms with E-state index in [9.17, 15) is 23.4 Å². The summed E-state index contributed by atoms with van der Waals surface area (Å²) in [6.07, 6.45) is -5.81. The van der Waals surface area contributed by atoms with Crippen molar-refractivity contribution in [3.63, 3.8) is 0 Å². The van der Waals surface area contributed by atoms with Crippen LogP contribution in [-0.4, -0.2) is 45.8 Å². The van der Waals surface area contributed by atoms with Crippen LogP contribution in [-0.2, 0) is 6.18 Å². The first-order valence-corrected chi connectivity index (χ1v) is 6.81. The largest absolute Gasteiger partial charge is 0.417 e. The summed E-state index contributed by atoms with van der Waals surface area (Å²) in [6, 6.07) is 0.403. The monoisotopic (exact) mass is 403 g/mol. The zero-order chi connectivity index (χ0) is 15.2. The van der Waals surface area contributed by atoms with E-state index in [0.29, 0.717) is 0 Å². The van der Waals surface area contributed by atoms with E-state index < -0.39 is 30.4 Å². The van der Waals surface area contributed by atoms with Gasteiger partial charge in [-0.2, -0.15) is 13.2 Å². The van der Waals surface area contributed by atoms with E-state index in [2.05, 4.69) is 4.98 Å². The van der Waals surface area contributed by atoms with Gasteiger partial charge in [0.05, 0.1) is 11.6 Å². The standard InChI is InChI=1S/C11H13F3IN3O2/c1-5-9(19)18(10(20)17(5)2)8-3-6(11(12,13)14)7(15)4-16-8/h3-5,9-10,19-20H,1-2H3. The second-order valence-corrected chi connectivity index (χ2v) is 5.76. The summed E-state index contributed by atoms with van der Waals surface area (Å²) in [5.74, 6) is -0.117. The minimum absolute atomic E-state index is 0.0385. The van der Waals surface area contributed by atoms with Crippen LogP contribution in [0.25, 0.3) is 0 Å². The topological polar surface area (TPSA) is 59.8 Å². The smallest absolute Gasteiger partial charge is 0.372 e. The van der Waals surface area contributed by atoms with Crippen molar-refractivity contribution < 1.29 is 23.4 Å². The van der Waals surface area contributed by atoms with Gasteiger partial charge in [-0.05, 0) is 42.6 Å². The van der Waals surface area contributed by atoms with Crippen LogP contribution in [0.1, 0.15) is 12.5 Å². The highest BCUT2D eigenvalue weighted by Gasteiger charge is 2.43. The van der Waals surface area contributed by atoms with Gasteiger partial charge in [0.15, 0.2) is 6.35 Å². The molecule has 3 atom stereocenters. The van der Waals surface area contributed by atoms with Crippen LogP contribution in [0.4, 0.5) is 19.0 Å². The van der Waals surface area contributed by atoms with Crippen molar-refractivity contribution in [1.29, 1.82) is 0 Å². The number of anilines is 1. The van der Waals surface area contributed by atoms with Crippen molar-refractivity contribution >= 4 is 28.4 Å². The number of hydrogen-bond acceptors (Lipinski definition) is 5. The molecule has 1 aromatic heterocycles. The Morgan fingerprint density at radius 3 is 2.40 bits per heavy atom. The van der Waals surface area contributed by atoms with Gasteiger partial charge >= 0.3 is 6.18 Å². The third-order valence-electron chi connectivity index (χ3n) is 3.38. The van der Waals surface area contributed by atoms with Gasteiger partial charge in [-0.15, -0.1) is 0 Å².